The number of hydrogen-bond donors (Lipinski definition) is 0. The Balaban J connectivity index is 2.40. The molecule has 2 aliphatic carbocycles. The lowest BCUT2D eigenvalue weighted by atomic mass is 10.1. The lowest BCUT2D eigenvalue weighted by molar-refractivity contribution is 1.60. The van der Waals surface area contributed by atoms with Gasteiger partial charge in [-0.25, -0.2) is 0 Å². The molecule has 0 aliphatic heterocycles. The molecule has 2 aliphatic rings. The minimum absolute atomic E-state index is 1.27. The first-order valence-corrected chi connectivity index (χ1v) is 4.07. The van der Waals surface area contributed by atoms with Gasteiger partial charge in [0, 0.05) is 0 Å². The van der Waals surface area contributed by atoms with E-state index in [9.17, 15) is 0 Å². The van der Waals surface area contributed by atoms with Crippen LogP contribution in [0.25, 0.3) is 0 Å². The maximum Gasteiger partial charge on any atom is -0.0184 e. The molecule has 0 spiro atoms. The third-order valence-corrected chi connectivity index (χ3v) is 1.88. The molecule has 58 valence electrons. The summed E-state index contributed by atoms with van der Waals surface area (Å²) in [5.41, 5.74) is 2.55. The summed E-state index contributed by atoms with van der Waals surface area (Å²) in [4.78, 5) is 0. The van der Waals surface area contributed by atoms with Crippen molar-refractivity contribution < 1.29 is 0 Å². The van der Waals surface area contributed by atoms with Crippen molar-refractivity contribution >= 4 is 0 Å². The molecular formula is C12H10. The van der Waals surface area contributed by atoms with Crippen molar-refractivity contribution in [3.05, 3.63) is 71.9 Å². The van der Waals surface area contributed by atoms with E-state index in [-0.39, 0.29) is 0 Å². The van der Waals surface area contributed by atoms with Gasteiger partial charge in [0.05, 0.1) is 0 Å². The third kappa shape index (κ3) is 1.37. The summed E-state index contributed by atoms with van der Waals surface area (Å²) in [6.07, 6.45) is 20.8. The number of rotatable bonds is 0. The fraction of sp³-hybridized carbons (Fsp3) is 0. The maximum absolute atomic E-state index is 2.12. The molecule has 0 bridgehead atoms. The molecule has 0 amide bonds. The van der Waals surface area contributed by atoms with Crippen LogP contribution in [0.2, 0.25) is 0 Å². The molecule has 0 N–H and O–H groups in total. The van der Waals surface area contributed by atoms with Crippen molar-refractivity contribution in [3.8, 4) is 0 Å². The number of hydrogen-bond acceptors (Lipinski definition) is 0. The Kier molecular flexibility index (Phi) is 1.91. The molecule has 0 heterocycles. The van der Waals surface area contributed by atoms with E-state index in [2.05, 4.69) is 48.6 Å². The monoisotopic (exact) mass is 154 g/mol. The Hall–Kier alpha value is -1.56. The minimum atomic E-state index is 1.27. The Bertz CT molecular complexity index is 312. The molecule has 0 saturated heterocycles. The fourth-order valence-corrected chi connectivity index (χ4v) is 1.26. The smallest absolute Gasteiger partial charge is 0.0184 e. The average Bonchev–Trinajstić information content (AvgIpc) is 2.48. The summed E-state index contributed by atoms with van der Waals surface area (Å²) in [5, 5.41) is 0. The van der Waals surface area contributed by atoms with Crippen molar-refractivity contribution in [1.82, 2.24) is 0 Å². The Morgan fingerprint density at radius 3 is 1.17 bits per heavy atom. The van der Waals surface area contributed by atoms with Gasteiger partial charge in [-0.15, -0.1) is 0 Å². The van der Waals surface area contributed by atoms with Crippen LogP contribution in [0.3, 0.4) is 0 Å². The summed E-state index contributed by atoms with van der Waals surface area (Å²) in [7, 11) is 0. The van der Waals surface area contributed by atoms with Crippen LogP contribution in [0.15, 0.2) is 71.9 Å². The highest BCUT2D eigenvalue weighted by atomic mass is 14.0. The highest BCUT2D eigenvalue weighted by Crippen LogP contribution is 2.16. The van der Waals surface area contributed by atoms with Gasteiger partial charge in [0.2, 0.25) is 0 Å². The van der Waals surface area contributed by atoms with E-state index in [1.54, 1.807) is 0 Å². The summed E-state index contributed by atoms with van der Waals surface area (Å²) in [6, 6.07) is 0. The summed E-state index contributed by atoms with van der Waals surface area (Å²) < 4.78 is 0. The molecular weight excluding hydrogens is 144 g/mol. The van der Waals surface area contributed by atoms with Crippen LogP contribution in [0.5, 0.6) is 0 Å². The second-order valence-corrected chi connectivity index (χ2v) is 2.73. The van der Waals surface area contributed by atoms with Crippen molar-refractivity contribution in [2.75, 3.05) is 0 Å². The van der Waals surface area contributed by atoms with Crippen LogP contribution < -0.4 is 0 Å². The average molecular weight is 154 g/mol. The molecule has 0 radical (unpaired) electrons. The van der Waals surface area contributed by atoms with E-state index in [4.69, 9.17) is 0 Å². The Labute approximate surface area is 72.6 Å². The van der Waals surface area contributed by atoms with Crippen molar-refractivity contribution in [1.29, 1.82) is 0 Å². The molecule has 12 heavy (non-hydrogen) atoms. The van der Waals surface area contributed by atoms with E-state index >= 15 is 0 Å². The molecule has 0 unspecified atom stereocenters. The molecule has 0 aromatic heterocycles. The van der Waals surface area contributed by atoms with Crippen molar-refractivity contribution in [3.63, 3.8) is 0 Å². The van der Waals surface area contributed by atoms with Gasteiger partial charge in [-0.2, -0.15) is 0 Å². The highest BCUT2D eigenvalue weighted by Gasteiger charge is 1.97. The van der Waals surface area contributed by atoms with E-state index in [1.165, 1.54) is 11.1 Å². The van der Waals surface area contributed by atoms with Gasteiger partial charge < -0.3 is 0 Å². The van der Waals surface area contributed by atoms with Crippen LogP contribution in [0.1, 0.15) is 0 Å². The highest BCUT2D eigenvalue weighted by molar-refractivity contribution is 5.52. The quantitative estimate of drug-likeness (QED) is 0.503. The van der Waals surface area contributed by atoms with Gasteiger partial charge in [0.25, 0.3) is 0 Å². The molecule has 0 atom stereocenters. The van der Waals surface area contributed by atoms with Crippen LogP contribution in [-0.2, 0) is 0 Å². The van der Waals surface area contributed by atoms with Gasteiger partial charge in [0.15, 0.2) is 0 Å². The second kappa shape index (κ2) is 3.22. The first kappa shape index (κ1) is 7.11. The van der Waals surface area contributed by atoms with Gasteiger partial charge in [-0.05, 0) is 11.1 Å². The zero-order valence-electron chi connectivity index (χ0n) is 6.77. The normalized spacial score (nSPS) is 19.3. The zero-order chi connectivity index (χ0) is 8.23. The molecule has 0 fully saturated rings. The van der Waals surface area contributed by atoms with Crippen LogP contribution in [0.4, 0.5) is 0 Å². The zero-order valence-corrected chi connectivity index (χ0v) is 6.77. The van der Waals surface area contributed by atoms with E-state index in [1.807, 2.05) is 12.2 Å². The molecule has 2 rings (SSSR count). The second-order valence-electron chi connectivity index (χ2n) is 2.73. The molecule has 0 aromatic carbocycles. The lowest BCUT2D eigenvalue weighted by Gasteiger charge is -1.95. The molecule has 0 nitrogen and oxygen atoms in total. The molecule has 0 saturated carbocycles. The summed E-state index contributed by atoms with van der Waals surface area (Å²) in [6.45, 7) is 0. The topological polar surface area (TPSA) is 0 Å². The maximum atomic E-state index is 2.12. The SMILES string of the molecule is C1=CC=CC(=C2C=CC=C2)C=C1. The predicted molar refractivity (Wildman–Crippen MR) is 52.7 cm³/mol. The van der Waals surface area contributed by atoms with Crippen molar-refractivity contribution in [2.45, 2.75) is 0 Å². The van der Waals surface area contributed by atoms with Crippen LogP contribution in [0, 0.1) is 0 Å². The Morgan fingerprint density at radius 2 is 0.750 bits per heavy atom. The number of allylic oxidation sites excluding steroid dienone is 12. The van der Waals surface area contributed by atoms with E-state index < -0.39 is 0 Å². The predicted octanol–water partition coefficient (Wildman–Crippen LogP) is 3.09. The van der Waals surface area contributed by atoms with Crippen LogP contribution >= 0.6 is 0 Å². The summed E-state index contributed by atoms with van der Waals surface area (Å²) in [5.74, 6) is 0. The first-order chi connectivity index (χ1) is 5.97. The minimum Gasteiger partial charge on any atom is -0.0622 e. The van der Waals surface area contributed by atoms with Gasteiger partial charge >= 0.3 is 0 Å². The van der Waals surface area contributed by atoms with Gasteiger partial charge in [0.1, 0.15) is 0 Å². The van der Waals surface area contributed by atoms with Gasteiger partial charge in [-0.3, -0.25) is 0 Å². The third-order valence-electron chi connectivity index (χ3n) is 1.88. The standard InChI is InChI=1S/C12H10/c1-2-4-8-11(7-3-1)12-9-5-6-10-12/h1-10H. The molecule has 0 aromatic rings. The van der Waals surface area contributed by atoms with E-state index in [0.29, 0.717) is 0 Å². The Morgan fingerprint density at radius 1 is 0.417 bits per heavy atom. The van der Waals surface area contributed by atoms with Crippen molar-refractivity contribution in [2.24, 2.45) is 0 Å². The van der Waals surface area contributed by atoms with E-state index in [0.717, 1.165) is 0 Å². The molecule has 0 heteroatoms. The largest absolute Gasteiger partial charge is 0.0622 e. The first-order valence-electron chi connectivity index (χ1n) is 4.07. The van der Waals surface area contributed by atoms with Gasteiger partial charge in [-0.1, -0.05) is 60.8 Å². The lowest BCUT2D eigenvalue weighted by Crippen LogP contribution is -1.76. The van der Waals surface area contributed by atoms with Crippen LogP contribution in [-0.4, -0.2) is 0 Å². The summed E-state index contributed by atoms with van der Waals surface area (Å²) >= 11 is 0. The fourth-order valence-electron chi connectivity index (χ4n) is 1.26.